The van der Waals surface area contributed by atoms with Gasteiger partial charge < -0.3 is 48.5 Å². The lowest BCUT2D eigenvalue weighted by Gasteiger charge is -2.12. The molecule has 0 saturated carbocycles. The van der Waals surface area contributed by atoms with Crippen LogP contribution in [0.15, 0.2) is 109 Å². The number of hydrogen-bond donors (Lipinski definition) is 9. The lowest BCUT2D eigenvalue weighted by atomic mass is 10.2. The van der Waals surface area contributed by atoms with E-state index in [-0.39, 0.29) is 33.6 Å². The van der Waals surface area contributed by atoms with E-state index in [0.717, 1.165) is 24.3 Å². The normalized spacial score (nSPS) is 10.5. The van der Waals surface area contributed by atoms with Gasteiger partial charge in [-0.2, -0.15) is 26.3 Å². The third-order valence-corrected chi connectivity index (χ3v) is 6.64. The van der Waals surface area contributed by atoms with Gasteiger partial charge in [-0.1, -0.05) is 23.2 Å². The molecular weight excluding hydrogens is 757 g/mol. The monoisotopic (exact) mass is 786 g/mol. The molecule has 0 aliphatic rings. The average molecular weight is 788 g/mol. The number of phenolic OH excluding ortho intramolecular Hbond substituents is 3. The smallest absolute Gasteiger partial charge is 0.417 e. The Balaban J connectivity index is 0.000000265. The van der Waals surface area contributed by atoms with Crippen molar-refractivity contribution in [3.05, 3.63) is 130 Å². The molecule has 0 saturated heterocycles. The van der Waals surface area contributed by atoms with Gasteiger partial charge in [0.1, 0.15) is 17.2 Å². The van der Waals surface area contributed by atoms with E-state index < -0.39 is 40.6 Å². The minimum atomic E-state index is -4.61. The summed E-state index contributed by atoms with van der Waals surface area (Å²) >= 11 is 10.8. The Morgan fingerprint density at radius 3 is 1.25 bits per heavy atom. The number of nitrogen functional groups attached to an aromatic ring is 2. The molecule has 0 heterocycles. The van der Waals surface area contributed by atoms with Crippen LogP contribution < -0.4 is 33.2 Å². The second-order valence-corrected chi connectivity index (χ2v) is 11.0. The number of phenols is 3. The minimum absolute atomic E-state index is 0.0264. The highest BCUT2D eigenvalue weighted by Crippen LogP contribution is 2.37. The van der Waals surface area contributed by atoms with Crippen LogP contribution in [0, 0.1) is 0 Å². The molecule has 0 aromatic heterocycles. The van der Waals surface area contributed by atoms with Crippen molar-refractivity contribution >= 4 is 63.7 Å². The maximum atomic E-state index is 12.7. The van der Waals surface area contributed by atoms with Gasteiger partial charge in [0.15, 0.2) is 0 Å². The molecule has 5 aromatic carbocycles. The molecule has 19 heteroatoms. The third kappa shape index (κ3) is 16.1. The number of rotatable bonds is 3. The largest absolute Gasteiger partial charge is 0.508 e. The van der Waals surface area contributed by atoms with Gasteiger partial charge in [0.25, 0.3) is 0 Å². The number of anilines is 5. The molecule has 0 spiro atoms. The molecule has 0 radical (unpaired) electrons. The van der Waals surface area contributed by atoms with E-state index in [1.54, 1.807) is 36.4 Å². The summed E-state index contributed by atoms with van der Waals surface area (Å²) in [7, 11) is 0. The molecule has 5 rings (SSSR count). The molecule has 0 aliphatic heterocycles. The molecule has 282 valence electrons. The number of nitrogens with two attached hydrogens (primary N) is 3. The second kappa shape index (κ2) is 19.4. The highest BCUT2D eigenvalue weighted by molar-refractivity contribution is 6.31. The van der Waals surface area contributed by atoms with Crippen LogP contribution in [0.5, 0.6) is 17.2 Å². The first kappa shape index (κ1) is 43.0. The molecule has 5 aromatic rings. The number of nitrogens with one attached hydrogen (secondary N) is 3. The van der Waals surface area contributed by atoms with Gasteiger partial charge in [-0.15, -0.1) is 0 Å². The molecule has 0 bridgehead atoms. The third-order valence-electron chi connectivity index (χ3n) is 5.98. The van der Waals surface area contributed by atoms with Crippen molar-refractivity contribution in [3.8, 4) is 17.2 Å². The Kier molecular flexibility index (Phi) is 15.7. The van der Waals surface area contributed by atoms with Gasteiger partial charge >= 0.3 is 24.4 Å². The lowest BCUT2D eigenvalue weighted by Crippen LogP contribution is -2.19. The van der Waals surface area contributed by atoms with E-state index in [4.69, 9.17) is 55.7 Å². The molecule has 53 heavy (non-hydrogen) atoms. The van der Waals surface area contributed by atoms with Gasteiger partial charge in [-0.3, -0.25) is 0 Å². The van der Waals surface area contributed by atoms with Crippen LogP contribution in [-0.4, -0.2) is 27.4 Å². The van der Waals surface area contributed by atoms with Crippen LogP contribution in [-0.2, 0) is 12.4 Å². The number of carbonyl (C=O) groups excluding carboxylic acids is 2. The zero-order valence-corrected chi connectivity index (χ0v) is 28.3. The van der Waals surface area contributed by atoms with Crippen LogP contribution in [0.3, 0.4) is 0 Å². The highest BCUT2D eigenvalue weighted by atomic mass is 35.5. The number of halogens is 8. The summed E-state index contributed by atoms with van der Waals surface area (Å²) in [5, 5.41) is 32.9. The lowest BCUT2D eigenvalue weighted by molar-refractivity contribution is -0.138. The number of amides is 4. The molecule has 12 N–H and O–H groups in total. The number of benzene rings is 5. The van der Waals surface area contributed by atoms with Crippen molar-refractivity contribution in [2.45, 2.75) is 12.4 Å². The van der Waals surface area contributed by atoms with Crippen molar-refractivity contribution in [3.63, 3.8) is 0 Å². The predicted molar refractivity (Wildman–Crippen MR) is 192 cm³/mol. The number of hydrogen-bond acceptors (Lipinski definition) is 7. The fourth-order valence-corrected chi connectivity index (χ4v) is 4.03. The highest BCUT2D eigenvalue weighted by Gasteiger charge is 2.34. The first-order valence-corrected chi connectivity index (χ1v) is 15.2. The van der Waals surface area contributed by atoms with Gasteiger partial charge in [-0.25, -0.2) is 9.59 Å². The van der Waals surface area contributed by atoms with Gasteiger partial charge in [0.2, 0.25) is 0 Å². The Morgan fingerprint density at radius 1 is 0.509 bits per heavy atom. The summed E-state index contributed by atoms with van der Waals surface area (Å²) in [5.41, 5.74) is 15.0. The maximum absolute atomic E-state index is 12.7. The SMILES string of the molecule is NC(=O)Nc1ccc(O)cc1.Nc1ccc(Cl)c(C(F)(F)F)c1.Nc1ccc(O)cc1.O=C(Nc1ccc(O)cc1)Nc1ccc(Cl)c(C(F)(F)F)c1. The fourth-order valence-electron chi connectivity index (χ4n) is 3.58. The van der Waals surface area contributed by atoms with E-state index in [1.807, 2.05) is 0 Å². The summed E-state index contributed by atoms with van der Waals surface area (Å²) < 4.78 is 74.4. The first-order valence-electron chi connectivity index (χ1n) is 14.4. The summed E-state index contributed by atoms with van der Waals surface area (Å²) in [5.74, 6) is 0.428. The summed E-state index contributed by atoms with van der Waals surface area (Å²) in [4.78, 5) is 22.0. The summed E-state index contributed by atoms with van der Waals surface area (Å²) in [6.45, 7) is 0. The Hall–Kier alpha value is -6.20. The number of alkyl halides is 6. The van der Waals surface area contributed by atoms with Gasteiger partial charge in [0.05, 0.1) is 21.2 Å². The summed E-state index contributed by atoms with van der Waals surface area (Å²) in [6.07, 6.45) is -9.05. The number of primary amides is 1. The second-order valence-electron chi connectivity index (χ2n) is 10.2. The van der Waals surface area contributed by atoms with Crippen LogP contribution in [0.2, 0.25) is 10.0 Å². The first-order chi connectivity index (χ1) is 24.6. The number of urea groups is 2. The quantitative estimate of drug-likeness (QED) is 0.0491. The van der Waals surface area contributed by atoms with Crippen LogP contribution in [0.1, 0.15) is 11.1 Å². The van der Waals surface area contributed by atoms with E-state index in [1.165, 1.54) is 48.5 Å². The molecule has 0 aliphatic carbocycles. The average Bonchev–Trinajstić information content (AvgIpc) is 3.06. The van der Waals surface area contributed by atoms with E-state index in [0.29, 0.717) is 17.1 Å². The Labute approximate surface area is 307 Å². The molecular formula is C34H30Cl2F6N6O5. The molecule has 0 fully saturated rings. The zero-order chi connectivity index (χ0) is 39.9. The number of carbonyl (C=O) groups is 2. The van der Waals surface area contributed by atoms with E-state index >= 15 is 0 Å². The van der Waals surface area contributed by atoms with Crippen molar-refractivity contribution in [2.75, 3.05) is 27.4 Å². The van der Waals surface area contributed by atoms with Crippen LogP contribution in [0.25, 0.3) is 0 Å². The minimum Gasteiger partial charge on any atom is -0.508 e. The van der Waals surface area contributed by atoms with Crippen molar-refractivity contribution in [1.29, 1.82) is 0 Å². The fraction of sp³-hybridized carbons (Fsp3) is 0.0588. The Bertz CT molecular complexity index is 1930. The van der Waals surface area contributed by atoms with E-state index in [2.05, 4.69) is 16.0 Å². The van der Waals surface area contributed by atoms with Crippen molar-refractivity contribution in [1.82, 2.24) is 0 Å². The van der Waals surface area contributed by atoms with E-state index in [9.17, 15) is 35.9 Å². The molecule has 11 nitrogen and oxygen atoms in total. The zero-order valence-electron chi connectivity index (χ0n) is 26.8. The molecule has 4 amide bonds. The van der Waals surface area contributed by atoms with Crippen LogP contribution in [0.4, 0.5) is 64.4 Å². The maximum Gasteiger partial charge on any atom is 0.417 e. The molecule has 0 atom stereocenters. The Morgan fingerprint density at radius 2 is 0.849 bits per heavy atom. The standard InChI is InChI=1S/C14H10ClF3N2O2.C7H5ClF3N.C7H8N2O2.C6H7NO/c15-12-6-3-9(7-11(12)14(16,17)18)20-13(22)19-8-1-4-10(21)5-2-8;8-6-2-1-4(12)3-5(6)7(9,10)11;8-7(11)9-5-1-3-6(10)4-2-5;7-5-1-3-6(8)4-2-5/h1-7,21H,(H2,19,20,22);1-3H,12H2;1-4,10H,(H3,8,9,11);1-4,8H,7H2. The van der Waals surface area contributed by atoms with Crippen molar-refractivity contribution < 1.29 is 51.3 Å². The van der Waals surface area contributed by atoms with Crippen molar-refractivity contribution in [2.24, 2.45) is 5.73 Å². The molecule has 0 unspecified atom stereocenters. The van der Waals surface area contributed by atoms with Gasteiger partial charge in [0, 0.05) is 28.4 Å². The summed E-state index contributed by atoms with van der Waals surface area (Å²) in [6, 6.07) is 23.0. The number of aromatic hydroxyl groups is 3. The topological polar surface area (TPSA) is 209 Å². The predicted octanol–water partition coefficient (Wildman–Crippen LogP) is 9.51. The van der Waals surface area contributed by atoms with Crippen LogP contribution >= 0.6 is 23.2 Å². The van der Waals surface area contributed by atoms with Gasteiger partial charge in [-0.05, 0) is 109 Å².